The number of ether oxygens (including phenoxy) is 1. The van der Waals surface area contributed by atoms with Gasteiger partial charge in [-0.3, -0.25) is 4.79 Å². The second-order valence-electron chi connectivity index (χ2n) is 6.66. The maximum absolute atomic E-state index is 12.3. The van der Waals surface area contributed by atoms with Gasteiger partial charge in [0.05, 0.1) is 5.92 Å². The van der Waals surface area contributed by atoms with E-state index in [0.717, 1.165) is 18.8 Å². The van der Waals surface area contributed by atoms with Crippen LogP contribution in [0.1, 0.15) is 64.7 Å². The number of esters is 1. The molecule has 0 amide bonds. The van der Waals surface area contributed by atoms with Crippen molar-refractivity contribution in [3.8, 4) is 5.75 Å². The van der Waals surface area contributed by atoms with Crippen LogP contribution in [0.5, 0.6) is 5.75 Å². The summed E-state index contributed by atoms with van der Waals surface area (Å²) in [5.74, 6) is 1.57. The highest BCUT2D eigenvalue weighted by Gasteiger charge is 2.27. The van der Waals surface area contributed by atoms with Gasteiger partial charge in [-0.2, -0.15) is 0 Å². The minimum Gasteiger partial charge on any atom is -0.426 e. The lowest BCUT2D eigenvalue weighted by Crippen LogP contribution is -2.25. The van der Waals surface area contributed by atoms with Crippen molar-refractivity contribution in [2.75, 3.05) is 6.26 Å². The highest BCUT2D eigenvalue weighted by Crippen LogP contribution is 2.33. The van der Waals surface area contributed by atoms with Crippen LogP contribution in [0.2, 0.25) is 0 Å². The third-order valence-corrected chi connectivity index (χ3v) is 5.67. The van der Waals surface area contributed by atoms with Crippen molar-refractivity contribution in [2.45, 2.75) is 69.6 Å². The smallest absolute Gasteiger partial charge is 0.314 e. The van der Waals surface area contributed by atoms with Gasteiger partial charge in [-0.25, -0.2) is 0 Å². The number of hydrogen-bond acceptors (Lipinski definition) is 3. The fourth-order valence-electron chi connectivity index (χ4n) is 3.39. The van der Waals surface area contributed by atoms with E-state index in [4.69, 9.17) is 4.74 Å². The first-order valence-corrected chi connectivity index (χ1v) is 10.3. The minimum absolute atomic E-state index is 0.0358. The molecule has 0 saturated heterocycles. The molecule has 0 aromatic heterocycles. The topological polar surface area (TPSA) is 26.3 Å². The number of benzene rings is 1. The first-order valence-electron chi connectivity index (χ1n) is 9.08. The zero-order valence-corrected chi connectivity index (χ0v) is 15.4. The SMILES string of the molecule is CCCCCCC1CCC(C(=O)Oc2ccc(SC)cc2)CC1. The first kappa shape index (κ1) is 18.4. The molecule has 1 aliphatic rings. The van der Waals surface area contributed by atoms with Crippen molar-refractivity contribution >= 4 is 17.7 Å². The van der Waals surface area contributed by atoms with Crippen LogP contribution in [0.4, 0.5) is 0 Å². The predicted molar refractivity (Wildman–Crippen MR) is 98.1 cm³/mol. The van der Waals surface area contributed by atoms with Crippen LogP contribution < -0.4 is 4.74 Å². The fraction of sp³-hybridized carbons (Fsp3) is 0.650. The highest BCUT2D eigenvalue weighted by molar-refractivity contribution is 7.98. The summed E-state index contributed by atoms with van der Waals surface area (Å²) in [5.41, 5.74) is 0. The molecule has 0 heterocycles. The Morgan fingerprint density at radius 2 is 1.78 bits per heavy atom. The minimum atomic E-state index is -0.0358. The average molecular weight is 335 g/mol. The Kier molecular flexibility index (Phi) is 8.01. The molecule has 1 saturated carbocycles. The number of carbonyl (C=O) groups is 1. The van der Waals surface area contributed by atoms with Gasteiger partial charge in [0.1, 0.15) is 5.75 Å². The van der Waals surface area contributed by atoms with Crippen LogP contribution in [0, 0.1) is 11.8 Å². The van der Waals surface area contributed by atoms with Gasteiger partial charge < -0.3 is 4.74 Å². The average Bonchev–Trinajstić information content (AvgIpc) is 2.60. The van der Waals surface area contributed by atoms with Gasteiger partial charge in [0.2, 0.25) is 0 Å². The maximum atomic E-state index is 12.3. The predicted octanol–water partition coefficient (Wildman–Crippen LogP) is 6.09. The van der Waals surface area contributed by atoms with Gasteiger partial charge in [0, 0.05) is 4.90 Å². The number of rotatable bonds is 8. The van der Waals surface area contributed by atoms with Gasteiger partial charge in [-0.1, -0.05) is 39.0 Å². The molecule has 2 nitrogen and oxygen atoms in total. The molecule has 0 aliphatic heterocycles. The summed E-state index contributed by atoms with van der Waals surface area (Å²) in [5, 5.41) is 0. The third-order valence-electron chi connectivity index (χ3n) is 4.92. The summed E-state index contributed by atoms with van der Waals surface area (Å²) >= 11 is 1.69. The molecule has 0 radical (unpaired) electrons. The number of unbranched alkanes of at least 4 members (excludes halogenated alkanes) is 3. The second-order valence-corrected chi connectivity index (χ2v) is 7.54. The van der Waals surface area contributed by atoms with E-state index >= 15 is 0 Å². The fourth-order valence-corrected chi connectivity index (χ4v) is 3.80. The Hall–Kier alpha value is -0.960. The lowest BCUT2D eigenvalue weighted by atomic mass is 9.80. The Morgan fingerprint density at radius 3 is 2.39 bits per heavy atom. The number of hydrogen-bond donors (Lipinski definition) is 0. The van der Waals surface area contributed by atoms with Gasteiger partial charge in [-0.05, 0) is 62.1 Å². The van der Waals surface area contributed by atoms with Crippen LogP contribution in [-0.4, -0.2) is 12.2 Å². The zero-order chi connectivity index (χ0) is 16.5. The normalized spacial score (nSPS) is 21.1. The van der Waals surface area contributed by atoms with E-state index in [1.807, 2.05) is 30.5 Å². The Morgan fingerprint density at radius 1 is 1.09 bits per heavy atom. The van der Waals surface area contributed by atoms with Crippen LogP contribution in [0.25, 0.3) is 0 Å². The van der Waals surface area contributed by atoms with Crippen LogP contribution in [0.3, 0.4) is 0 Å². The van der Waals surface area contributed by atoms with Crippen molar-refractivity contribution in [2.24, 2.45) is 11.8 Å². The van der Waals surface area contributed by atoms with Crippen LogP contribution in [-0.2, 0) is 4.79 Å². The van der Waals surface area contributed by atoms with Crippen LogP contribution in [0.15, 0.2) is 29.2 Å². The van der Waals surface area contributed by atoms with Crippen LogP contribution >= 0.6 is 11.8 Å². The molecule has 1 aromatic rings. The second kappa shape index (κ2) is 10.0. The Bertz CT molecular complexity index is 461. The monoisotopic (exact) mass is 334 g/mol. The summed E-state index contributed by atoms with van der Waals surface area (Å²) in [6, 6.07) is 7.78. The molecule has 0 spiro atoms. The number of thioether (sulfide) groups is 1. The van der Waals surface area contributed by atoms with E-state index in [9.17, 15) is 4.79 Å². The van der Waals surface area contributed by atoms with Gasteiger partial charge in [-0.15, -0.1) is 11.8 Å². The largest absolute Gasteiger partial charge is 0.426 e. The molecular formula is C20H30O2S. The summed E-state index contributed by atoms with van der Waals surface area (Å²) in [7, 11) is 0. The van der Waals surface area contributed by atoms with Gasteiger partial charge >= 0.3 is 5.97 Å². The van der Waals surface area contributed by atoms with Crippen molar-refractivity contribution < 1.29 is 9.53 Å². The Balaban J connectivity index is 1.70. The summed E-state index contributed by atoms with van der Waals surface area (Å²) < 4.78 is 5.55. The third kappa shape index (κ3) is 6.21. The van der Waals surface area contributed by atoms with Crippen molar-refractivity contribution in [1.29, 1.82) is 0 Å². The van der Waals surface area contributed by atoms with Crippen molar-refractivity contribution in [1.82, 2.24) is 0 Å². The molecule has 1 fully saturated rings. The zero-order valence-electron chi connectivity index (χ0n) is 14.6. The molecule has 128 valence electrons. The molecule has 0 N–H and O–H groups in total. The maximum Gasteiger partial charge on any atom is 0.314 e. The van der Waals surface area contributed by atoms with E-state index < -0.39 is 0 Å². The first-order chi connectivity index (χ1) is 11.2. The number of carbonyl (C=O) groups excluding carboxylic acids is 1. The molecule has 1 aliphatic carbocycles. The van der Waals surface area contributed by atoms with Crippen molar-refractivity contribution in [3.05, 3.63) is 24.3 Å². The lowest BCUT2D eigenvalue weighted by molar-refractivity contribution is -0.140. The quantitative estimate of drug-likeness (QED) is 0.249. The molecule has 0 bridgehead atoms. The molecule has 0 unspecified atom stereocenters. The molecule has 2 rings (SSSR count). The van der Waals surface area contributed by atoms with E-state index in [0.29, 0.717) is 5.75 Å². The van der Waals surface area contributed by atoms with E-state index in [-0.39, 0.29) is 11.9 Å². The van der Waals surface area contributed by atoms with E-state index in [2.05, 4.69) is 6.92 Å². The molecule has 1 aromatic carbocycles. The molecule has 23 heavy (non-hydrogen) atoms. The summed E-state index contributed by atoms with van der Waals surface area (Å²) in [4.78, 5) is 13.5. The summed E-state index contributed by atoms with van der Waals surface area (Å²) in [6.07, 6.45) is 13.2. The van der Waals surface area contributed by atoms with E-state index in [1.165, 1.54) is 49.8 Å². The summed E-state index contributed by atoms with van der Waals surface area (Å²) in [6.45, 7) is 2.26. The highest BCUT2D eigenvalue weighted by atomic mass is 32.2. The lowest BCUT2D eigenvalue weighted by Gasteiger charge is -2.27. The molecular weight excluding hydrogens is 304 g/mol. The Labute approximate surface area is 145 Å². The molecule has 0 atom stereocenters. The van der Waals surface area contributed by atoms with Gasteiger partial charge in [0.15, 0.2) is 0 Å². The molecule has 3 heteroatoms. The van der Waals surface area contributed by atoms with Crippen molar-refractivity contribution in [3.63, 3.8) is 0 Å². The van der Waals surface area contributed by atoms with E-state index in [1.54, 1.807) is 11.8 Å². The van der Waals surface area contributed by atoms with Gasteiger partial charge in [0.25, 0.3) is 0 Å². The standard InChI is InChI=1S/C20H30O2S/c1-3-4-5-6-7-16-8-10-17(11-9-16)20(21)22-18-12-14-19(23-2)15-13-18/h12-17H,3-11H2,1-2H3.